The molecule has 0 fully saturated rings. The van der Waals surface area contributed by atoms with Gasteiger partial charge in [-0.2, -0.15) is 0 Å². The van der Waals surface area contributed by atoms with Gasteiger partial charge in [0.15, 0.2) is 11.5 Å². The van der Waals surface area contributed by atoms with Crippen LogP contribution < -0.4 is 20.1 Å². The van der Waals surface area contributed by atoms with Crippen molar-refractivity contribution in [3.63, 3.8) is 0 Å². The average Bonchev–Trinajstić information content (AvgIpc) is 2.62. The van der Waals surface area contributed by atoms with Gasteiger partial charge in [-0.1, -0.05) is 0 Å². The smallest absolute Gasteiger partial charge is 0.268 e. The molecule has 7 nitrogen and oxygen atoms in total. The van der Waals surface area contributed by atoms with Crippen molar-refractivity contribution >= 4 is 11.7 Å². The number of rotatable bonds is 6. The topological polar surface area (TPSA) is 90.6 Å². The van der Waals surface area contributed by atoms with Gasteiger partial charge in [-0.05, 0) is 43.5 Å². The number of anilines is 1. The summed E-state index contributed by atoms with van der Waals surface area (Å²) in [7, 11) is 0. The van der Waals surface area contributed by atoms with Crippen LogP contribution in [0.3, 0.4) is 0 Å². The molecule has 1 aliphatic rings. The molecule has 1 aliphatic heterocycles. The summed E-state index contributed by atoms with van der Waals surface area (Å²) in [6, 6.07) is 4.09. The Morgan fingerprint density at radius 1 is 1.16 bits per heavy atom. The van der Waals surface area contributed by atoms with E-state index in [1.807, 2.05) is 19.9 Å². The maximum atomic E-state index is 11.3. The fraction of sp³-hybridized carbons (Fsp3) is 0.389. The van der Waals surface area contributed by atoms with Crippen LogP contribution in [0.2, 0.25) is 0 Å². The van der Waals surface area contributed by atoms with Crippen LogP contribution in [0.5, 0.6) is 11.5 Å². The molecule has 2 aromatic rings. The molecule has 132 valence electrons. The van der Waals surface area contributed by atoms with Crippen molar-refractivity contribution in [2.75, 3.05) is 24.7 Å². The zero-order valence-corrected chi connectivity index (χ0v) is 14.5. The van der Waals surface area contributed by atoms with E-state index in [0.29, 0.717) is 25.6 Å². The monoisotopic (exact) mass is 342 g/mol. The Balaban J connectivity index is 1.88. The van der Waals surface area contributed by atoms with E-state index in [0.717, 1.165) is 30.0 Å². The average molecular weight is 342 g/mol. The van der Waals surface area contributed by atoms with Crippen LogP contribution in [-0.2, 0) is 13.0 Å². The molecule has 0 unspecified atom stereocenters. The molecule has 1 aromatic carbocycles. The van der Waals surface area contributed by atoms with Gasteiger partial charge in [0.05, 0.1) is 25.6 Å². The summed E-state index contributed by atoms with van der Waals surface area (Å²) in [5.41, 5.74) is 7.86. The summed E-state index contributed by atoms with van der Waals surface area (Å²) >= 11 is 0. The van der Waals surface area contributed by atoms with E-state index < -0.39 is 5.91 Å². The fourth-order valence-corrected chi connectivity index (χ4v) is 2.92. The van der Waals surface area contributed by atoms with Gasteiger partial charge >= 0.3 is 0 Å². The van der Waals surface area contributed by atoms with Gasteiger partial charge in [0, 0.05) is 13.1 Å². The van der Waals surface area contributed by atoms with E-state index in [1.54, 1.807) is 6.20 Å². The number of carbonyl (C=O) groups is 1. The Morgan fingerprint density at radius 2 is 1.84 bits per heavy atom. The van der Waals surface area contributed by atoms with Gasteiger partial charge in [0.25, 0.3) is 5.91 Å². The van der Waals surface area contributed by atoms with Crippen molar-refractivity contribution in [2.45, 2.75) is 26.8 Å². The standard InChI is InChI=1S/C18H22N4O3/c1-3-24-15-7-12-5-6-22(11-13(12)8-16(15)25-4-2)17-10-20-9-14(21-17)18(19)23/h7-10H,3-6,11H2,1-2H3,(H2,19,23). The number of benzene rings is 1. The minimum absolute atomic E-state index is 0.171. The third kappa shape index (κ3) is 3.65. The molecule has 2 heterocycles. The lowest BCUT2D eigenvalue weighted by molar-refractivity contribution is 0.0995. The van der Waals surface area contributed by atoms with Gasteiger partial charge in [-0.15, -0.1) is 0 Å². The van der Waals surface area contributed by atoms with Gasteiger partial charge < -0.3 is 20.1 Å². The fourth-order valence-electron chi connectivity index (χ4n) is 2.92. The summed E-state index contributed by atoms with van der Waals surface area (Å²) in [4.78, 5) is 21.8. The predicted octanol–water partition coefficient (Wildman–Crippen LogP) is 1.94. The van der Waals surface area contributed by atoms with E-state index in [4.69, 9.17) is 15.2 Å². The number of aromatic nitrogens is 2. The third-order valence-corrected chi connectivity index (χ3v) is 4.08. The SMILES string of the molecule is CCOc1cc2c(cc1OCC)CN(c1cncc(C(N)=O)n1)CC2. The zero-order valence-electron chi connectivity index (χ0n) is 14.5. The second-order valence-corrected chi connectivity index (χ2v) is 5.73. The second kappa shape index (κ2) is 7.38. The highest BCUT2D eigenvalue weighted by molar-refractivity contribution is 5.90. The molecule has 0 atom stereocenters. The highest BCUT2D eigenvalue weighted by Gasteiger charge is 2.21. The molecule has 1 amide bonds. The number of nitrogens with zero attached hydrogens (tertiary/aromatic N) is 3. The number of hydrogen-bond donors (Lipinski definition) is 1. The van der Waals surface area contributed by atoms with E-state index in [-0.39, 0.29) is 5.69 Å². The van der Waals surface area contributed by atoms with Crippen molar-refractivity contribution < 1.29 is 14.3 Å². The third-order valence-electron chi connectivity index (χ3n) is 4.08. The summed E-state index contributed by atoms with van der Waals surface area (Å²) in [6.45, 7) is 6.53. The molecular weight excluding hydrogens is 320 g/mol. The van der Waals surface area contributed by atoms with E-state index in [2.05, 4.69) is 20.9 Å². The van der Waals surface area contributed by atoms with Crippen molar-refractivity contribution in [1.29, 1.82) is 0 Å². The quantitative estimate of drug-likeness (QED) is 0.863. The van der Waals surface area contributed by atoms with Crippen molar-refractivity contribution in [2.24, 2.45) is 5.73 Å². The molecular formula is C18H22N4O3. The first-order chi connectivity index (χ1) is 12.1. The summed E-state index contributed by atoms with van der Waals surface area (Å²) in [6.07, 6.45) is 3.88. The second-order valence-electron chi connectivity index (χ2n) is 5.73. The Labute approximate surface area is 146 Å². The lowest BCUT2D eigenvalue weighted by Gasteiger charge is -2.30. The van der Waals surface area contributed by atoms with Gasteiger partial charge in [-0.3, -0.25) is 9.78 Å². The van der Waals surface area contributed by atoms with Gasteiger partial charge in [0.2, 0.25) is 0 Å². The Morgan fingerprint density at radius 3 is 2.48 bits per heavy atom. The molecule has 0 radical (unpaired) electrons. The molecule has 1 aromatic heterocycles. The number of carbonyl (C=O) groups excluding carboxylic acids is 1. The number of fused-ring (bicyclic) bond motifs is 1. The van der Waals surface area contributed by atoms with Crippen LogP contribution in [0.15, 0.2) is 24.5 Å². The van der Waals surface area contributed by atoms with Gasteiger partial charge in [-0.25, -0.2) is 4.98 Å². The summed E-state index contributed by atoms with van der Waals surface area (Å²) < 4.78 is 11.4. The number of nitrogens with two attached hydrogens (primary N) is 1. The lowest BCUT2D eigenvalue weighted by Crippen LogP contribution is -2.31. The molecule has 3 rings (SSSR count). The normalized spacial score (nSPS) is 13.3. The van der Waals surface area contributed by atoms with Crippen molar-refractivity contribution in [3.05, 3.63) is 41.3 Å². The lowest BCUT2D eigenvalue weighted by atomic mass is 9.99. The predicted molar refractivity (Wildman–Crippen MR) is 94.1 cm³/mol. The van der Waals surface area contributed by atoms with Crippen LogP contribution >= 0.6 is 0 Å². The minimum Gasteiger partial charge on any atom is -0.490 e. The highest BCUT2D eigenvalue weighted by Crippen LogP contribution is 2.34. The van der Waals surface area contributed by atoms with Crippen LogP contribution in [0.4, 0.5) is 5.82 Å². The first-order valence-corrected chi connectivity index (χ1v) is 8.40. The Hall–Kier alpha value is -2.83. The maximum absolute atomic E-state index is 11.3. The molecule has 0 aliphatic carbocycles. The van der Waals surface area contributed by atoms with Crippen molar-refractivity contribution in [1.82, 2.24) is 9.97 Å². The number of hydrogen-bond acceptors (Lipinski definition) is 6. The first kappa shape index (κ1) is 17.0. The molecule has 2 N–H and O–H groups in total. The minimum atomic E-state index is -0.577. The van der Waals surface area contributed by atoms with Crippen LogP contribution in [0.25, 0.3) is 0 Å². The van der Waals surface area contributed by atoms with Crippen LogP contribution in [0, 0.1) is 0 Å². The molecule has 25 heavy (non-hydrogen) atoms. The van der Waals surface area contributed by atoms with Crippen molar-refractivity contribution in [3.8, 4) is 11.5 Å². The Bertz CT molecular complexity index is 779. The first-order valence-electron chi connectivity index (χ1n) is 8.40. The maximum Gasteiger partial charge on any atom is 0.268 e. The molecule has 0 saturated heterocycles. The van der Waals surface area contributed by atoms with Crippen LogP contribution in [0.1, 0.15) is 35.5 Å². The molecule has 0 bridgehead atoms. The van der Waals surface area contributed by atoms with Gasteiger partial charge in [0.1, 0.15) is 11.5 Å². The number of primary amides is 1. The number of amides is 1. The number of ether oxygens (including phenoxy) is 2. The molecule has 7 heteroatoms. The largest absolute Gasteiger partial charge is 0.490 e. The molecule has 0 saturated carbocycles. The summed E-state index contributed by atoms with van der Waals surface area (Å²) in [5, 5.41) is 0. The van der Waals surface area contributed by atoms with E-state index in [9.17, 15) is 4.79 Å². The van der Waals surface area contributed by atoms with Crippen LogP contribution in [-0.4, -0.2) is 35.6 Å². The Kier molecular flexibility index (Phi) is 5.02. The zero-order chi connectivity index (χ0) is 17.8. The summed E-state index contributed by atoms with van der Waals surface area (Å²) in [5.74, 6) is 1.61. The van der Waals surface area contributed by atoms with E-state index in [1.165, 1.54) is 11.8 Å². The highest BCUT2D eigenvalue weighted by atomic mass is 16.5. The molecule has 0 spiro atoms. The van der Waals surface area contributed by atoms with E-state index >= 15 is 0 Å².